The Balaban J connectivity index is 1.39. The highest BCUT2D eigenvalue weighted by Crippen LogP contribution is 2.25. The fourth-order valence-corrected chi connectivity index (χ4v) is 3.73. The number of hydrogen-bond acceptors (Lipinski definition) is 4. The molecule has 3 aromatic rings. The number of carbonyl (C=O) groups is 1. The van der Waals surface area contributed by atoms with Crippen molar-refractivity contribution in [1.82, 2.24) is 15.3 Å². The van der Waals surface area contributed by atoms with Crippen LogP contribution in [0.1, 0.15) is 33.4 Å². The lowest BCUT2D eigenvalue weighted by Gasteiger charge is -2.12. The average Bonchev–Trinajstić information content (AvgIpc) is 3.03. The first kappa shape index (κ1) is 19.1. The van der Waals surface area contributed by atoms with Crippen molar-refractivity contribution in [1.29, 1.82) is 0 Å². The van der Waals surface area contributed by atoms with Gasteiger partial charge >= 0.3 is 0 Å². The molecule has 1 aliphatic rings. The van der Waals surface area contributed by atoms with Crippen LogP contribution < -0.4 is 11.0 Å². The van der Waals surface area contributed by atoms with Crippen molar-refractivity contribution in [2.45, 2.75) is 33.9 Å². The molecule has 0 radical (unpaired) electrons. The Bertz CT molecular complexity index is 1160. The fraction of sp³-hybridized carbons (Fsp3) is 0.261. The molecule has 0 saturated heterocycles. The van der Waals surface area contributed by atoms with Crippen LogP contribution in [0.15, 0.2) is 46.3 Å². The van der Waals surface area contributed by atoms with Gasteiger partial charge in [0.1, 0.15) is 0 Å². The number of aromatic amines is 1. The lowest BCUT2D eigenvalue weighted by molar-refractivity contribution is -0.122. The summed E-state index contributed by atoms with van der Waals surface area (Å²) in [6, 6.07) is 12.0. The summed E-state index contributed by atoms with van der Waals surface area (Å²) in [6.45, 7) is 7.99. The molecule has 0 saturated carbocycles. The molecule has 0 fully saturated rings. The SMILES string of the molecule is Cc1ccc2[nH]c(=O)c(/C=N\NC(=O)CN3Cc4cc(C)c(C)cc4C3)cc2c1. The van der Waals surface area contributed by atoms with Crippen molar-refractivity contribution >= 4 is 23.0 Å². The van der Waals surface area contributed by atoms with Gasteiger partial charge in [-0.05, 0) is 66.6 Å². The summed E-state index contributed by atoms with van der Waals surface area (Å²) in [5.41, 5.74) is 9.69. The number of aryl methyl sites for hydroxylation is 3. The summed E-state index contributed by atoms with van der Waals surface area (Å²) in [7, 11) is 0. The maximum absolute atomic E-state index is 12.3. The number of nitrogens with one attached hydrogen (secondary N) is 2. The van der Waals surface area contributed by atoms with Gasteiger partial charge in [-0.1, -0.05) is 23.8 Å². The average molecular weight is 388 g/mol. The standard InChI is InChI=1S/C23H24N4O2/c1-14-4-5-21-17(6-14)9-18(23(29)25-21)10-24-26-22(28)13-27-11-19-7-15(2)16(3)8-20(19)12-27/h4-10H,11-13H2,1-3H3,(H,25,29)(H,26,28)/b24-10-. The van der Waals surface area contributed by atoms with Gasteiger partial charge in [-0.3, -0.25) is 14.5 Å². The van der Waals surface area contributed by atoms with Gasteiger partial charge in [-0.2, -0.15) is 5.10 Å². The van der Waals surface area contributed by atoms with E-state index in [1.165, 1.54) is 28.5 Å². The summed E-state index contributed by atoms with van der Waals surface area (Å²) in [4.78, 5) is 29.4. The minimum Gasteiger partial charge on any atom is -0.321 e. The van der Waals surface area contributed by atoms with E-state index < -0.39 is 0 Å². The molecule has 1 aromatic heterocycles. The van der Waals surface area contributed by atoms with Crippen molar-refractivity contribution in [2.75, 3.05) is 6.54 Å². The molecule has 6 nitrogen and oxygen atoms in total. The van der Waals surface area contributed by atoms with E-state index in [9.17, 15) is 9.59 Å². The summed E-state index contributed by atoms with van der Waals surface area (Å²) >= 11 is 0. The van der Waals surface area contributed by atoms with Crippen LogP contribution in [0.4, 0.5) is 0 Å². The van der Waals surface area contributed by atoms with Crippen LogP contribution in [0.5, 0.6) is 0 Å². The normalized spacial score (nSPS) is 13.9. The van der Waals surface area contributed by atoms with E-state index in [4.69, 9.17) is 0 Å². The first-order valence-electron chi connectivity index (χ1n) is 9.66. The molecular formula is C23H24N4O2. The Labute approximate surface area is 169 Å². The van der Waals surface area contributed by atoms with Crippen molar-refractivity contribution in [3.05, 3.63) is 80.1 Å². The molecule has 29 heavy (non-hydrogen) atoms. The molecule has 0 bridgehead atoms. The van der Waals surface area contributed by atoms with Gasteiger partial charge in [0.2, 0.25) is 0 Å². The van der Waals surface area contributed by atoms with Crippen molar-refractivity contribution in [3.63, 3.8) is 0 Å². The molecule has 2 N–H and O–H groups in total. The molecule has 1 amide bonds. The number of carbonyl (C=O) groups excluding carboxylic acids is 1. The molecular weight excluding hydrogens is 364 g/mol. The quantitative estimate of drug-likeness (QED) is 0.533. The molecule has 0 spiro atoms. The number of benzene rings is 2. The van der Waals surface area contributed by atoms with E-state index in [0.29, 0.717) is 5.56 Å². The second-order valence-corrected chi connectivity index (χ2v) is 7.79. The van der Waals surface area contributed by atoms with E-state index in [-0.39, 0.29) is 18.0 Å². The zero-order valence-corrected chi connectivity index (χ0v) is 16.9. The number of fused-ring (bicyclic) bond motifs is 2. The van der Waals surface area contributed by atoms with Gasteiger partial charge in [0.25, 0.3) is 11.5 Å². The number of amides is 1. The fourth-order valence-electron chi connectivity index (χ4n) is 3.73. The molecule has 4 rings (SSSR count). The molecule has 6 heteroatoms. The highest BCUT2D eigenvalue weighted by atomic mass is 16.2. The lowest BCUT2D eigenvalue weighted by Crippen LogP contribution is -2.32. The van der Waals surface area contributed by atoms with E-state index in [1.54, 1.807) is 6.07 Å². The van der Waals surface area contributed by atoms with Crippen molar-refractivity contribution in [2.24, 2.45) is 5.10 Å². The van der Waals surface area contributed by atoms with E-state index in [1.807, 2.05) is 25.1 Å². The summed E-state index contributed by atoms with van der Waals surface area (Å²) in [5.74, 6) is -0.199. The van der Waals surface area contributed by atoms with E-state index >= 15 is 0 Å². The lowest BCUT2D eigenvalue weighted by atomic mass is 10.0. The minimum absolute atomic E-state index is 0.199. The van der Waals surface area contributed by atoms with Gasteiger partial charge in [0.15, 0.2) is 0 Å². The third-order valence-electron chi connectivity index (χ3n) is 5.39. The molecule has 0 unspecified atom stereocenters. The van der Waals surface area contributed by atoms with Gasteiger partial charge in [-0.15, -0.1) is 0 Å². The number of pyridine rings is 1. The van der Waals surface area contributed by atoms with Gasteiger partial charge in [0.05, 0.1) is 18.3 Å². The zero-order valence-electron chi connectivity index (χ0n) is 16.9. The number of hydrazone groups is 1. The van der Waals surface area contributed by atoms with Crippen molar-refractivity contribution < 1.29 is 4.79 Å². The Hall–Kier alpha value is -3.25. The topological polar surface area (TPSA) is 77.6 Å². The number of H-pyrrole nitrogens is 1. The summed E-state index contributed by atoms with van der Waals surface area (Å²) < 4.78 is 0. The highest BCUT2D eigenvalue weighted by molar-refractivity contribution is 5.88. The molecule has 2 heterocycles. The predicted octanol–water partition coefficient (Wildman–Crippen LogP) is 2.92. The van der Waals surface area contributed by atoms with Crippen LogP contribution in [0.3, 0.4) is 0 Å². The highest BCUT2D eigenvalue weighted by Gasteiger charge is 2.21. The number of hydrogen-bond donors (Lipinski definition) is 2. The summed E-state index contributed by atoms with van der Waals surface area (Å²) in [5, 5.41) is 4.91. The molecule has 2 aromatic carbocycles. The maximum atomic E-state index is 12.3. The Morgan fingerprint density at radius 2 is 1.79 bits per heavy atom. The third kappa shape index (κ3) is 4.12. The first-order valence-corrected chi connectivity index (χ1v) is 9.66. The molecule has 0 aliphatic carbocycles. The van der Waals surface area contributed by atoms with Crippen LogP contribution in [0.2, 0.25) is 0 Å². The van der Waals surface area contributed by atoms with Crippen LogP contribution in [-0.4, -0.2) is 28.6 Å². The minimum atomic E-state index is -0.236. The second-order valence-electron chi connectivity index (χ2n) is 7.79. The van der Waals surface area contributed by atoms with Crippen LogP contribution in [0, 0.1) is 20.8 Å². The number of nitrogens with zero attached hydrogens (tertiary/aromatic N) is 2. The zero-order chi connectivity index (χ0) is 20.5. The Morgan fingerprint density at radius 3 is 2.48 bits per heavy atom. The second kappa shape index (κ2) is 7.64. The smallest absolute Gasteiger partial charge is 0.257 e. The van der Waals surface area contributed by atoms with Gasteiger partial charge in [-0.25, -0.2) is 5.43 Å². The number of aromatic nitrogens is 1. The number of rotatable bonds is 4. The van der Waals surface area contributed by atoms with Crippen LogP contribution in [-0.2, 0) is 17.9 Å². The monoisotopic (exact) mass is 388 g/mol. The first-order chi connectivity index (χ1) is 13.9. The summed E-state index contributed by atoms with van der Waals surface area (Å²) in [6.07, 6.45) is 1.39. The van der Waals surface area contributed by atoms with Gasteiger partial charge in [0, 0.05) is 18.6 Å². The van der Waals surface area contributed by atoms with E-state index in [2.05, 4.69) is 46.4 Å². The largest absolute Gasteiger partial charge is 0.321 e. The molecule has 1 aliphatic heterocycles. The third-order valence-corrected chi connectivity index (χ3v) is 5.39. The van der Waals surface area contributed by atoms with E-state index in [0.717, 1.165) is 29.6 Å². The molecule has 0 atom stereocenters. The predicted molar refractivity (Wildman–Crippen MR) is 115 cm³/mol. The van der Waals surface area contributed by atoms with Gasteiger partial charge < -0.3 is 4.98 Å². The maximum Gasteiger partial charge on any atom is 0.257 e. The Morgan fingerprint density at radius 1 is 1.10 bits per heavy atom. The Kier molecular flexibility index (Phi) is 5.03. The molecule has 148 valence electrons. The van der Waals surface area contributed by atoms with Crippen LogP contribution in [0.25, 0.3) is 10.9 Å². The van der Waals surface area contributed by atoms with Crippen molar-refractivity contribution in [3.8, 4) is 0 Å². The van der Waals surface area contributed by atoms with Crippen LogP contribution >= 0.6 is 0 Å².